The molecule has 0 bridgehead atoms. The number of carbonyl (C=O) groups excluding carboxylic acids is 1. The molecule has 1 atom stereocenters. The Morgan fingerprint density at radius 2 is 2.17 bits per heavy atom. The van der Waals surface area contributed by atoms with Crippen molar-refractivity contribution in [3.8, 4) is 11.4 Å². The van der Waals surface area contributed by atoms with Crippen LogP contribution in [-0.2, 0) is 22.5 Å². The van der Waals surface area contributed by atoms with Gasteiger partial charge in [-0.3, -0.25) is 4.79 Å². The van der Waals surface area contributed by atoms with Crippen LogP contribution in [0.1, 0.15) is 28.2 Å². The van der Waals surface area contributed by atoms with Crippen molar-refractivity contribution in [2.75, 3.05) is 7.11 Å². The van der Waals surface area contributed by atoms with E-state index >= 15 is 0 Å². The Morgan fingerprint density at radius 3 is 2.83 bits per heavy atom. The molecule has 1 aliphatic rings. The number of aryl methyl sites for hydroxylation is 1. The lowest BCUT2D eigenvalue weighted by Gasteiger charge is -2.24. The number of carboxylic acids is 1. The molecule has 1 aliphatic heterocycles. The van der Waals surface area contributed by atoms with E-state index in [0.29, 0.717) is 30.9 Å². The number of hydrogen-bond donors (Lipinski definition) is 1. The lowest BCUT2D eigenvalue weighted by molar-refractivity contribution is -0.146. The van der Waals surface area contributed by atoms with Crippen molar-refractivity contribution >= 4 is 11.9 Å². The highest BCUT2D eigenvalue weighted by Gasteiger charge is 2.32. The molecule has 0 fully saturated rings. The van der Waals surface area contributed by atoms with Gasteiger partial charge in [0.05, 0.1) is 18.7 Å². The molecule has 0 radical (unpaired) electrons. The third-order valence-electron chi connectivity index (χ3n) is 4.22. The second-order valence-electron chi connectivity index (χ2n) is 5.77. The molecule has 1 aromatic carbocycles. The largest absolute Gasteiger partial charge is 0.476 e. The van der Waals surface area contributed by atoms with Gasteiger partial charge in [-0.1, -0.05) is 23.8 Å². The molecule has 120 valence electrons. The molecule has 0 amide bonds. The third kappa shape index (κ3) is 2.72. The van der Waals surface area contributed by atoms with Gasteiger partial charge in [0.15, 0.2) is 5.69 Å². The third-order valence-corrected chi connectivity index (χ3v) is 4.22. The van der Waals surface area contributed by atoms with Crippen molar-refractivity contribution in [1.29, 1.82) is 0 Å². The van der Waals surface area contributed by atoms with E-state index in [4.69, 9.17) is 4.74 Å². The molecule has 6 nitrogen and oxygen atoms in total. The predicted molar refractivity (Wildman–Crippen MR) is 83.2 cm³/mol. The fourth-order valence-electron chi connectivity index (χ4n) is 3.09. The Hall–Kier alpha value is -2.63. The Kier molecular flexibility index (Phi) is 3.90. The molecule has 1 aromatic heterocycles. The molecule has 0 saturated carbocycles. The molecule has 3 rings (SSSR count). The van der Waals surface area contributed by atoms with Crippen LogP contribution in [0.5, 0.6) is 0 Å². The highest BCUT2D eigenvalue weighted by Crippen LogP contribution is 2.30. The molecule has 0 spiro atoms. The fourth-order valence-corrected chi connectivity index (χ4v) is 3.09. The van der Waals surface area contributed by atoms with Crippen LogP contribution in [0.25, 0.3) is 11.4 Å². The van der Waals surface area contributed by atoms with E-state index in [0.717, 1.165) is 11.1 Å². The molecule has 0 aliphatic carbocycles. The van der Waals surface area contributed by atoms with Gasteiger partial charge >= 0.3 is 11.9 Å². The summed E-state index contributed by atoms with van der Waals surface area (Å²) in [6.45, 7) is 2.37. The Balaban J connectivity index is 2.11. The maximum absolute atomic E-state index is 11.8. The fraction of sp³-hybridized carbons (Fsp3) is 0.353. The quantitative estimate of drug-likeness (QED) is 0.879. The molecule has 6 heteroatoms. The molecule has 0 saturated heterocycles. The first-order valence-electron chi connectivity index (χ1n) is 7.48. The van der Waals surface area contributed by atoms with Crippen LogP contribution in [0.2, 0.25) is 0 Å². The minimum absolute atomic E-state index is 0.0739. The first kappa shape index (κ1) is 15.3. The van der Waals surface area contributed by atoms with Gasteiger partial charge in [-0.25, -0.2) is 9.78 Å². The van der Waals surface area contributed by atoms with Crippen molar-refractivity contribution in [2.24, 2.45) is 5.92 Å². The zero-order chi connectivity index (χ0) is 16.6. The lowest BCUT2D eigenvalue weighted by atomic mass is 9.97. The van der Waals surface area contributed by atoms with Crippen LogP contribution in [0, 0.1) is 12.8 Å². The second-order valence-corrected chi connectivity index (χ2v) is 5.77. The number of benzene rings is 1. The number of aromatic carboxylic acids is 1. The summed E-state index contributed by atoms with van der Waals surface area (Å²) in [5.41, 5.74) is 2.67. The van der Waals surface area contributed by atoms with E-state index in [2.05, 4.69) is 4.98 Å². The number of ether oxygens (including phenoxy) is 1. The predicted octanol–water partition coefficient (Wildman–Crippen LogP) is 2.29. The number of imidazole rings is 1. The van der Waals surface area contributed by atoms with E-state index < -0.39 is 5.97 Å². The van der Waals surface area contributed by atoms with E-state index in [-0.39, 0.29) is 17.6 Å². The standard InChI is InChI=1S/C17H18N2O4/c1-10-4-3-5-11(8-10)15-18-14(16(20)21)13-7-6-12(9-19(13)15)17(22)23-2/h3-5,8,12H,6-7,9H2,1-2H3,(H,20,21). The van der Waals surface area contributed by atoms with Crippen molar-refractivity contribution < 1.29 is 19.4 Å². The van der Waals surface area contributed by atoms with Gasteiger partial charge in [-0.2, -0.15) is 0 Å². The van der Waals surface area contributed by atoms with Gasteiger partial charge < -0.3 is 14.4 Å². The van der Waals surface area contributed by atoms with Crippen LogP contribution < -0.4 is 0 Å². The summed E-state index contributed by atoms with van der Waals surface area (Å²) in [5, 5.41) is 9.41. The smallest absolute Gasteiger partial charge is 0.356 e. The number of carboxylic acid groups (broad SMARTS) is 1. The van der Waals surface area contributed by atoms with Crippen molar-refractivity contribution in [3.05, 3.63) is 41.2 Å². The summed E-state index contributed by atoms with van der Waals surface area (Å²) >= 11 is 0. The van der Waals surface area contributed by atoms with E-state index in [1.165, 1.54) is 7.11 Å². The van der Waals surface area contributed by atoms with Gasteiger partial charge in [0.2, 0.25) is 0 Å². The topological polar surface area (TPSA) is 81.4 Å². The first-order valence-corrected chi connectivity index (χ1v) is 7.48. The van der Waals surface area contributed by atoms with Crippen LogP contribution in [0.15, 0.2) is 24.3 Å². The molecular weight excluding hydrogens is 296 g/mol. The van der Waals surface area contributed by atoms with Gasteiger partial charge in [0.25, 0.3) is 0 Å². The average Bonchev–Trinajstić information content (AvgIpc) is 2.93. The minimum atomic E-state index is -1.04. The molecule has 1 N–H and O–H groups in total. The number of aromatic nitrogens is 2. The SMILES string of the molecule is COC(=O)C1CCc2c(C(=O)O)nc(-c3cccc(C)c3)n2C1. The van der Waals surface area contributed by atoms with Gasteiger partial charge in [0.1, 0.15) is 5.82 Å². The average molecular weight is 314 g/mol. The number of carbonyl (C=O) groups is 2. The zero-order valence-corrected chi connectivity index (χ0v) is 13.1. The van der Waals surface area contributed by atoms with Gasteiger partial charge in [0, 0.05) is 12.1 Å². The highest BCUT2D eigenvalue weighted by molar-refractivity contribution is 5.88. The van der Waals surface area contributed by atoms with Crippen molar-refractivity contribution in [1.82, 2.24) is 9.55 Å². The van der Waals surface area contributed by atoms with Crippen LogP contribution >= 0.6 is 0 Å². The number of fused-ring (bicyclic) bond motifs is 1. The number of hydrogen-bond acceptors (Lipinski definition) is 4. The number of nitrogens with zero attached hydrogens (tertiary/aromatic N) is 2. The number of methoxy groups -OCH3 is 1. The summed E-state index contributed by atoms with van der Waals surface area (Å²) in [6, 6.07) is 7.74. The summed E-state index contributed by atoms with van der Waals surface area (Å²) in [5.74, 6) is -0.984. The zero-order valence-electron chi connectivity index (χ0n) is 13.1. The maximum Gasteiger partial charge on any atom is 0.356 e. The monoisotopic (exact) mass is 314 g/mol. The molecule has 23 heavy (non-hydrogen) atoms. The van der Waals surface area contributed by atoms with E-state index in [9.17, 15) is 14.7 Å². The minimum Gasteiger partial charge on any atom is -0.476 e. The highest BCUT2D eigenvalue weighted by atomic mass is 16.5. The van der Waals surface area contributed by atoms with Gasteiger partial charge in [-0.15, -0.1) is 0 Å². The van der Waals surface area contributed by atoms with Crippen LogP contribution in [-0.4, -0.2) is 33.7 Å². The Labute approximate surface area is 133 Å². The van der Waals surface area contributed by atoms with Gasteiger partial charge in [-0.05, 0) is 25.8 Å². The summed E-state index contributed by atoms with van der Waals surface area (Å²) in [7, 11) is 1.37. The van der Waals surface area contributed by atoms with Crippen LogP contribution in [0.4, 0.5) is 0 Å². The first-order chi connectivity index (χ1) is 11.0. The Bertz CT molecular complexity index is 779. The molecule has 2 aromatic rings. The normalized spacial score (nSPS) is 16.7. The summed E-state index contributed by atoms with van der Waals surface area (Å²) in [6.07, 6.45) is 1.08. The van der Waals surface area contributed by atoms with E-state index in [1.54, 1.807) is 0 Å². The van der Waals surface area contributed by atoms with Crippen LogP contribution in [0.3, 0.4) is 0 Å². The maximum atomic E-state index is 11.8. The second kappa shape index (κ2) is 5.87. The summed E-state index contributed by atoms with van der Waals surface area (Å²) < 4.78 is 6.69. The Morgan fingerprint density at radius 1 is 1.39 bits per heavy atom. The molecule has 1 unspecified atom stereocenters. The van der Waals surface area contributed by atoms with E-state index in [1.807, 2.05) is 35.8 Å². The lowest BCUT2D eigenvalue weighted by Crippen LogP contribution is -2.28. The molecular formula is C17H18N2O4. The van der Waals surface area contributed by atoms with Crippen molar-refractivity contribution in [3.63, 3.8) is 0 Å². The number of rotatable bonds is 3. The summed E-state index contributed by atoms with van der Waals surface area (Å²) in [4.78, 5) is 27.7. The number of esters is 1. The van der Waals surface area contributed by atoms with Crippen molar-refractivity contribution in [2.45, 2.75) is 26.3 Å². The molecule has 2 heterocycles.